The van der Waals surface area contributed by atoms with Gasteiger partial charge in [0.1, 0.15) is 5.75 Å². The molecular weight excluding hydrogens is 352 g/mol. The third-order valence-electron chi connectivity index (χ3n) is 2.06. The van der Waals surface area contributed by atoms with Gasteiger partial charge in [-0.05, 0) is 56.1 Å². The van der Waals surface area contributed by atoms with Gasteiger partial charge in [0.2, 0.25) is 5.78 Å². The van der Waals surface area contributed by atoms with E-state index in [1.807, 2.05) is 18.2 Å². The maximum Gasteiger partial charge on any atom is 0.235 e. The molecule has 0 aliphatic heterocycles. The van der Waals surface area contributed by atoms with Crippen molar-refractivity contribution in [3.05, 3.63) is 51.3 Å². The van der Waals surface area contributed by atoms with Crippen LogP contribution in [0.25, 0.3) is 0 Å². The van der Waals surface area contributed by atoms with Crippen LogP contribution >= 0.6 is 31.9 Å². The SMILES string of the molecule is O=C(COc1c(Br)cccc1Br)c1ccco1. The average molecular weight is 360 g/mol. The van der Waals surface area contributed by atoms with Crippen LogP contribution < -0.4 is 4.74 Å². The third-order valence-corrected chi connectivity index (χ3v) is 3.31. The Hall–Kier alpha value is -1.07. The largest absolute Gasteiger partial charge is 0.483 e. The lowest BCUT2D eigenvalue weighted by molar-refractivity contribution is 0.0892. The lowest BCUT2D eigenvalue weighted by atomic mass is 10.3. The van der Waals surface area contributed by atoms with E-state index in [9.17, 15) is 4.79 Å². The maximum atomic E-state index is 11.7. The molecule has 17 heavy (non-hydrogen) atoms. The van der Waals surface area contributed by atoms with Crippen LogP contribution in [0.1, 0.15) is 10.6 Å². The Morgan fingerprint density at radius 1 is 1.18 bits per heavy atom. The van der Waals surface area contributed by atoms with Gasteiger partial charge < -0.3 is 9.15 Å². The summed E-state index contributed by atoms with van der Waals surface area (Å²) in [5.41, 5.74) is 0. The Labute approximate surface area is 115 Å². The van der Waals surface area contributed by atoms with Gasteiger partial charge in [0, 0.05) is 0 Å². The van der Waals surface area contributed by atoms with Gasteiger partial charge in [-0.2, -0.15) is 0 Å². The molecule has 0 amide bonds. The highest BCUT2D eigenvalue weighted by Crippen LogP contribution is 2.32. The number of hydrogen-bond donors (Lipinski definition) is 0. The molecule has 2 rings (SSSR count). The van der Waals surface area contributed by atoms with Crippen molar-refractivity contribution in [2.75, 3.05) is 6.61 Å². The van der Waals surface area contributed by atoms with Gasteiger partial charge in [0.05, 0.1) is 15.2 Å². The molecule has 0 saturated carbocycles. The number of furan rings is 1. The first-order valence-electron chi connectivity index (χ1n) is 4.82. The molecule has 0 radical (unpaired) electrons. The van der Waals surface area contributed by atoms with E-state index in [2.05, 4.69) is 31.9 Å². The minimum Gasteiger partial charge on any atom is -0.483 e. The Morgan fingerprint density at radius 3 is 2.47 bits per heavy atom. The van der Waals surface area contributed by atoms with Crippen LogP contribution in [0.5, 0.6) is 5.75 Å². The molecule has 3 nitrogen and oxygen atoms in total. The van der Waals surface area contributed by atoms with Gasteiger partial charge >= 0.3 is 0 Å². The fourth-order valence-corrected chi connectivity index (χ4v) is 2.49. The minimum atomic E-state index is -0.197. The van der Waals surface area contributed by atoms with E-state index >= 15 is 0 Å². The van der Waals surface area contributed by atoms with Crippen molar-refractivity contribution < 1.29 is 13.9 Å². The second kappa shape index (κ2) is 5.51. The molecule has 0 aliphatic rings. The summed E-state index contributed by atoms with van der Waals surface area (Å²) >= 11 is 6.71. The van der Waals surface area contributed by atoms with Crippen molar-refractivity contribution in [1.29, 1.82) is 0 Å². The summed E-state index contributed by atoms with van der Waals surface area (Å²) in [4.78, 5) is 11.7. The number of Topliss-reactive ketones (excluding diaryl/α,β-unsaturated/α-hetero) is 1. The Morgan fingerprint density at radius 2 is 1.88 bits per heavy atom. The molecule has 0 bridgehead atoms. The summed E-state index contributed by atoms with van der Waals surface area (Å²) in [5.74, 6) is 0.707. The summed E-state index contributed by atoms with van der Waals surface area (Å²) in [5, 5.41) is 0. The van der Waals surface area contributed by atoms with Crippen LogP contribution in [-0.2, 0) is 0 Å². The summed E-state index contributed by atoms with van der Waals surface area (Å²) < 4.78 is 12.0. The molecule has 1 aromatic heterocycles. The molecule has 0 saturated heterocycles. The summed E-state index contributed by atoms with van der Waals surface area (Å²) in [6.07, 6.45) is 1.46. The number of benzene rings is 1. The number of halogens is 2. The molecule has 2 aromatic rings. The highest BCUT2D eigenvalue weighted by molar-refractivity contribution is 9.11. The van der Waals surface area contributed by atoms with E-state index in [1.165, 1.54) is 6.26 Å². The van der Waals surface area contributed by atoms with Crippen LogP contribution in [0.4, 0.5) is 0 Å². The number of carbonyl (C=O) groups is 1. The van der Waals surface area contributed by atoms with Crippen molar-refractivity contribution in [3.8, 4) is 5.75 Å². The molecule has 5 heteroatoms. The predicted octanol–water partition coefficient (Wildman–Crippen LogP) is 4.07. The predicted molar refractivity (Wildman–Crippen MR) is 70.4 cm³/mol. The van der Waals surface area contributed by atoms with Gasteiger partial charge in [0.15, 0.2) is 12.4 Å². The van der Waals surface area contributed by atoms with Crippen LogP contribution in [0, 0.1) is 0 Å². The second-order valence-electron chi connectivity index (χ2n) is 3.24. The highest BCUT2D eigenvalue weighted by Gasteiger charge is 2.12. The molecular formula is C12H8Br2O3. The van der Waals surface area contributed by atoms with Crippen LogP contribution in [0.2, 0.25) is 0 Å². The molecule has 88 valence electrons. The zero-order valence-electron chi connectivity index (χ0n) is 8.65. The van der Waals surface area contributed by atoms with E-state index in [0.717, 1.165) is 8.95 Å². The van der Waals surface area contributed by atoms with E-state index in [4.69, 9.17) is 9.15 Å². The average Bonchev–Trinajstić information content (AvgIpc) is 2.81. The van der Waals surface area contributed by atoms with E-state index in [-0.39, 0.29) is 12.4 Å². The lowest BCUT2D eigenvalue weighted by Gasteiger charge is -2.08. The molecule has 1 aromatic carbocycles. The van der Waals surface area contributed by atoms with E-state index in [0.29, 0.717) is 11.5 Å². The topological polar surface area (TPSA) is 39.4 Å². The Kier molecular flexibility index (Phi) is 4.02. The monoisotopic (exact) mass is 358 g/mol. The minimum absolute atomic E-state index is 0.0608. The smallest absolute Gasteiger partial charge is 0.235 e. The third kappa shape index (κ3) is 2.98. The van der Waals surface area contributed by atoms with Gasteiger partial charge in [-0.25, -0.2) is 0 Å². The van der Waals surface area contributed by atoms with Crippen molar-refractivity contribution in [2.45, 2.75) is 0 Å². The normalized spacial score (nSPS) is 10.2. The molecule has 0 N–H and O–H groups in total. The van der Waals surface area contributed by atoms with E-state index < -0.39 is 0 Å². The first-order valence-corrected chi connectivity index (χ1v) is 6.40. The van der Waals surface area contributed by atoms with Crippen molar-refractivity contribution >= 4 is 37.6 Å². The quantitative estimate of drug-likeness (QED) is 0.772. The Balaban J connectivity index is 2.06. The summed E-state index contributed by atoms with van der Waals surface area (Å²) in [6.45, 7) is -0.0608. The fourth-order valence-electron chi connectivity index (χ4n) is 1.27. The standard InChI is InChI=1S/C12H8Br2O3/c13-8-3-1-4-9(14)12(8)17-7-10(15)11-5-2-6-16-11/h1-6H,7H2. The second-order valence-corrected chi connectivity index (χ2v) is 4.95. The van der Waals surface area contributed by atoms with Gasteiger partial charge in [-0.1, -0.05) is 6.07 Å². The maximum absolute atomic E-state index is 11.7. The zero-order chi connectivity index (χ0) is 12.3. The van der Waals surface area contributed by atoms with Gasteiger partial charge in [-0.3, -0.25) is 4.79 Å². The van der Waals surface area contributed by atoms with Crippen molar-refractivity contribution in [2.24, 2.45) is 0 Å². The lowest BCUT2D eigenvalue weighted by Crippen LogP contribution is -2.11. The molecule has 0 atom stereocenters. The number of ether oxygens (including phenoxy) is 1. The molecule has 0 unspecified atom stereocenters. The summed E-state index contributed by atoms with van der Waals surface area (Å²) in [7, 11) is 0. The number of hydrogen-bond acceptors (Lipinski definition) is 3. The number of ketones is 1. The fraction of sp³-hybridized carbons (Fsp3) is 0.0833. The first-order chi connectivity index (χ1) is 8.18. The van der Waals surface area contributed by atoms with Crippen molar-refractivity contribution in [1.82, 2.24) is 0 Å². The first kappa shape index (κ1) is 12.4. The van der Waals surface area contributed by atoms with Gasteiger partial charge in [-0.15, -0.1) is 0 Å². The van der Waals surface area contributed by atoms with Crippen LogP contribution in [0.15, 0.2) is 50.0 Å². The number of carbonyl (C=O) groups excluding carboxylic acids is 1. The van der Waals surface area contributed by atoms with Crippen LogP contribution in [-0.4, -0.2) is 12.4 Å². The highest BCUT2D eigenvalue weighted by atomic mass is 79.9. The molecule has 0 spiro atoms. The number of rotatable bonds is 4. The van der Waals surface area contributed by atoms with Crippen LogP contribution in [0.3, 0.4) is 0 Å². The van der Waals surface area contributed by atoms with Gasteiger partial charge in [0.25, 0.3) is 0 Å². The number of para-hydroxylation sites is 1. The van der Waals surface area contributed by atoms with Crippen molar-refractivity contribution in [3.63, 3.8) is 0 Å². The molecule has 1 heterocycles. The Bertz CT molecular complexity index is 500. The summed E-state index contributed by atoms with van der Waals surface area (Å²) in [6, 6.07) is 8.84. The zero-order valence-corrected chi connectivity index (χ0v) is 11.8. The molecule has 0 aliphatic carbocycles. The van der Waals surface area contributed by atoms with E-state index in [1.54, 1.807) is 12.1 Å². The molecule has 0 fully saturated rings.